The van der Waals surface area contributed by atoms with Crippen molar-refractivity contribution in [1.29, 1.82) is 0 Å². The number of ether oxygens (including phenoxy) is 3. The smallest absolute Gasteiger partial charge is 0.306 e. The van der Waals surface area contributed by atoms with E-state index in [-0.39, 0.29) is 12.1 Å². The van der Waals surface area contributed by atoms with Crippen LogP contribution < -0.4 is 9.47 Å². The number of benzene rings is 2. The summed E-state index contributed by atoms with van der Waals surface area (Å²) in [6, 6.07) is 16.7. The standard InChI is InChI=1S/C52H78O4/c1-7-8-9-10-13-35-54-43-24-19-40(20-25-43)41-21-26-44(27-22-41)55-36-14-11-12-18-50(53)56-45-31-33-51(5)42(37-45)23-28-46-48-30-29-47(39(4)17-15-16-38(2)3)52(48,6)34-32-49(46)51/h19-27,38-39,45-49H,7-18,28-37H2,1-6H3/t39-,45+,46+,47-,48+,49+,51+,52-/m1/s1. The molecule has 0 spiro atoms. The monoisotopic (exact) mass is 767 g/mol. The van der Waals surface area contributed by atoms with Gasteiger partial charge in [0.2, 0.25) is 0 Å². The fourth-order valence-electron chi connectivity index (χ4n) is 12.1. The minimum atomic E-state index is -0.0145. The maximum Gasteiger partial charge on any atom is 0.306 e. The average Bonchev–Trinajstić information content (AvgIpc) is 3.55. The van der Waals surface area contributed by atoms with Crippen LogP contribution in [-0.2, 0) is 9.53 Å². The topological polar surface area (TPSA) is 44.8 Å². The normalized spacial score (nSPS) is 28.8. The SMILES string of the molecule is CCCCCCCOc1ccc(-c2ccc(OCCCCCC(=O)O[C@H]3CC[C@@]4(C)C(=CC[C@H]5[C@@H]6CC[C@H]([C@H](C)CCCC(C)C)[C@@]6(C)CC[C@@H]54)C3)cc2)cc1. The third kappa shape index (κ3) is 10.6. The maximum atomic E-state index is 13.0. The van der Waals surface area contributed by atoms with Gasteiger partial charge in [0, 0.05) is 12.8 Å². The third-order valence-electron chi connectivity index (χ3n) is 15.4. The predicted molar refractivity (Wildman–Crippen MR) is 233 cm³/mol. The molecule has 8 atom stereocenters. The molecule has 6 rings (SSSR count). The van der Waals surface area contributed by atoms with Crippen molar-refractivity contribution < 1.29 is 19.0 Å². The molecule has 0 unspecified atom stereocenters. The molecule has 4 aliphatic rings. The fraction of sp³-hybridized carbons (Fsp3) is 0.712. The van der Waals surface area contributed by atoms with Gasteiger partial charge in [0.05, 0.1) is 13.2 Å². The Balaban J connectivity index is 0.867. The molecule has 3 fully saturated rings. The second kappa shape index (κ2) is 20.3. The van der Waals surface area contributed by atoms with E-state index < -0.39 is 0 Å². The first-order valence-electron chi connectivity index (χ1n) is 23.5. The van der Waals surface area contributed by atoms with Gasteiger partial charge in [-0.2, -0.15) is 0 Å². The lowest BCUT2D eigenvalue weighted by Crippen LogP contribution is -2.51. The van der Waals surface area contributed by atoms with Crippen molar-refractivity contribution in [3.8, 4) is 22.6 Å². The zero-order valence-corrected chi connectivity index (χ0v) is 36.4. The van der Waals surface area contributed by atoms with E-state index in [9.17, 15) is 4.79 Å². The number of fused-ring (bicyclic) bond motifs is 5. The summed E-state index contributed by atoms with van der Waals surface area (Å²) in [5.74, 6) is 6.94. The van der Waals surface area contributed by atoms with Crippen LogP contribution in [0.5, 0.6) is 11.5 Å². The van der Waals surface area contributed by atoms with Gasteiger partial charge < -0.3 is 14.2 Å². The maximum absolute atomic E-state index is 13.0. The molecule has 4 aliphatic carbocycles. The lowest BCUT2D eigenvalue weighted by Gasteiger charge is -2.58. The van der Waals surface area contributed by atoms with Crippen molar-refractivity contribution in [3.05, 3.63) is 60.2 Å². The van der Waals surface area contributed by atoms with E-state index in [4.69, 9.17) is 14.2 Å². The molecule has 0 radical (unpaired) electrons. The van der Waals surface area contributed by atoms with Crippen LogP contribution in [0.1, 0.15) is 170 Å². The Kier molecular flexibility index (Phi) is 15.5. The highest BCUT2D eigenvalue weighted by molar-refractivity contribution is 5.69. The average molecular weight is 767 g/mol. The van der Waals surface area contributed by atoms with E-state index in [1.807, 2.05) is 0 Å². The molecule has 310 valence electrons. The van der Waals surface area contributed by atoms with Gasteiger partial charge in [-0.25, -0.2) is 0 Å². The lowest BCUT2D eigenvalue weighted by molar-refractivity contribution is -0.151. The van der Waals surface area contributed by atoms with Gasteiger partial charge in [-0.3, -0.25) is 4.79 Å². The zero-order chi connectivity index (χ0) is 39.5. The van der Waals surface area contributed by atoms with E-state index in [0.717, 1.165) is 92.1 Å². The first kappa shape index (κ1) is 42.8. The summed E-state index contributed by atoms with van der Waals surface area (Å²) in [5.41, 5.74) is 4.78. The number of allylic oxidation sites excluding steroid dienone is 1. The molecule has 0 bridgehead atoms. The minimum absolute atomic E-state index is 0.0145. The molecule has 0 saturated heterocycles. The summed E-state index contributed by atoms with van der Waals surface area (Å²) < 4.78 is 18.1. The minimum Gasteiger partial charge on any atom is -0.494 e. The van der Waals surface area contributed by atoms with Crippen molar-refractivity contribution in [1.82, 2.24) is 0 Å². The van der Waals surface area contributed by atoms with E-state index in [1.54, 1.807) is 5.57 Å². The van der Waals surface area contributed by atoms with Crippen LogP contribution in [0.25, 0.3) is 11.1 Å². The molecule has 4 heteroatoms. The van der Waals surface area contributed by atoms with Crippen LogP contribution in [0.2, 0.25) is 0 Å². The van der Waals surface area contributed by atoms with Gasteiger partial charge in [0.25, 0.3) is 0 Å². The molecule has 4 nitrogen and oxygen atoms in total. The van der Waals surface area contributed by atoms with E-state index in [0.29, 0.717) is 23.9 Å². The molecular weight excluding hydrogens is 689 g/mol. The summed E-state index contributed by atoms with van der Waals surface area (Å²) in [6.45, 7) is 16.3. The van der Waals surface area contributed by atoms with Gasteiger partial charge in [0.15, 0.2) is 0 Å². The molecule has 0 N–H and O–H groups in total. The number of hydrogen-bond acceptors (Lipinski definition) is 4. The second-order valence-corrected chi connectivity index (χ2v) is 19.6. The zero-order valence-electron chi connectivity index (χ0n) is 36.4. The Labute approximate surface area is 342 Å². The third-order valence-corrected chi connectivity index (χ3v) is 15.4. The van der Waals surface area contributed by atoms with Crippen molar-refractivity contribution >= 4 is 5.97 Å². The number of rotatable bonds is 21. The highest BCUT2D eigenvalue weighted by atomic mass is 16.5. The molecule has 0 aromatic heterocycles. The molecule has 0 amide bonds. The summed E-state index contributed by atoms with van der Waals surface area (Å²) in [5, 5.41) is 0. The van der Waals surface area contributed by atoms with Crippen LogP contribution in [0, 0.1) is 46.3 Å². The van der Waals surface area contributed by atoms with Crippen LogP contribution in [0.4, 0.5) is 0 Å². The second-order valence-electron chi connectivity index (χ2n) is 19.6. The fourth-order valence-corrected chi connectivity index (χ4v) is 12.1. The van der Waals surface area contributed by atoms with Crippen LogP contribution in [0.15, 0.2) is 60.2 Å². The van der Waals surface area contributed by atoms with E-state index >= 15 is 0 Å². The van der Waals surface area contributed by atoms with E-state index in [2.05, 4.69) is 96.1 Å². The van der Waals surface area contributed by atoms with Gasteiger partial charge in [-0.15, -0.1) is 0 Å². The van der Waals surface area contributed by atoms with Crippen molar-refractivity contribution in [2.75, 3.05) is 13.2 Å². The van der Waals surface area contributed by atoms with Gasteiger partial charge in [0.1, 0.15) is 17.6 Å². The molecule has 2 aromatic carbocycles. The van der Waals surface area contributed by atoms with E-state index in [1.165, 1.54) is 94.6 Å². The largest absolute Gasteiger partial charge is 0.494 e. The number of unbranched alkanes of at least 4 members (excludes halogenated alkanes) is 6. The van der Waals surface area contributed by atoms with Gasteiger partial charge in [-0.05, 0) is 152 Å². The van der Waals surface area contributed by atoms with Crippen LogP contribution >= 0.6 is 0 Å². The number of hydrogen-bond donors (Lipinski definition) is 0. The number of esters is 1. The van der Waals surface area contributed by atoms with Crippen molar-refractivity contribution in [2.45, 2.75) is 176 Å². The predicted octanol–water partition coefficient (Wildman–Crippen LogP) is 14.6. The first-order valence-corrected chi connectivity index (χ1v) is 23.5. The first-order chi connectivity index (χ1) is 27.1. The van der Waals surface area contributed by atoms with Crippen molar-refractivity contribution in [2.24, 2.45) is 46.3 Å². The Morgan fingerprint density at radius 2 is 1.36 bits per heavy atom. The molecular formula is C52H78O4. The highest BCUT2D eigenvalue weighted by Gasteiger charge is 2.59. The summed E-state index contributed by atoms with van der Waals surface area (Å²) in [6.07, 6.45) is 26.5. The van der Waals surface area contributed by atoms with Crippen LogP contribution in [0.3, 0.4) is 0 Å². The number of carbonyl (C=O) groups excluding carboxylic acids is 1. The Morgan fingerprint density at radius 1 is 0.714 bits per heavy atom. The molecule has 2 aromatic rings. The summed E-state index contributed by atoms with van der Waals surface area (Å²) in [7, 11) is 0. The molecule has 56 heavy (non-hydrogen) atoms. The summed E-state index contributed by atoms with van der Waals surface area (Å²) >= 11 is 0. The quantitative estimate of drug-likeness (QED) is 0.0721. The Morgan fingerprint density at radius 3 is 2.00 bits per heavy atom. The van der Waals surface area contributed by atoms with Gasteiger partial charge in [-0.1, -0.05) is 122 Å². The number of carbonyl (C=O) groups is 1. The lowest BCUT2D eigenvalue weighted by atomic mass is 9.47. The van der Waals surface area contributed by atoms with Crippen molar-refractivity contribution in [3.63, 3.8) is 0 Å². The highest BCUT2D eigenvalue weighted by Crippen LogP contribution is 2.67. The Bertz CT molecular complexity index is 1520. The Hall–Kier alpha value is -2.75. The molecule has 0 aliphatic heterocycles. The summed E-state index contributed by atoms with van der Waals surface area (Å²) in [4.78, 5) is 13.0. The molecule has 0 heterocycles. The van der Waals surface area contributed by atoms with Gasteiger partial charge >= 0.3 is 5.97 Å². The molecule has 3 saturated carbocycles. The van der Waals surface area contributed by atoms with Crippen LogP contribution in [-0.4, -0.2) is 25.3 Å².